The zero-order valence-corrected chi connectivity index (χ0v) is 15.4. The number of nitrogens with one attached hydrogen (secondary N) is 1. The molecule has 1 aromatic rings. The number of anilines is 1. The summed E-state index contributed by atoms with van der Waals surface area (Å²) in [6.07, 6.45) is 1.52. The van der Waals surface area contributed by atoms with Crippen LogP contribution in [-0.2, 0) is 9.59 Å². The van der Waals surface area contributed by atoms with E-state index < -0.39 is 23.4 Å². The van der Waals surface area contributed by atoms with E-state index in [2.05, 4.69) is 24.1 Å². The Balaban J connectivity index is 2.34. The molecule has 0 saturated carbocycles. The van der Waals surface area contributed by atoms with E-state index in [1.54, 1.807) is 20.8 Å². The summed E-state index contributed by atoms with van der Waals surface area (Å²) in [7, 11) is 0. The summed E-state index contributed by atoms with van der Waals surface area (Å²) in [6, 6.07) is 6.95. The van der Waals surface area contributed by atoms with Crippen LogP contribution in [0, 0.1) is 0 Å². The van der Waals surface area contributed by atoms with Gasteiger partial charge in [-0.05, 0) is 58.4 Å². The molecule has 1 aliphatic rings. The normalized spacial score (nSPS) is 17.1. The molecule has 1 aromatic carbocycles. The molecule has 0 bridgehead atoms. The molecule has 134 valence electrons. The molecular formula is C19H25N3O3. The molecule has 1 heterocycles. The van der Waals surface area contributed by atoms with Crippen molar-refractivity contribution in [2.75, 3.05) is 18.0 Å². The Morgan fingerprint density at radius 3 is 2.08 bits per heavy atom. The van der Waals surface area contributed by atoms with Crippen LogP contribution in [0.3, 0.4) is 0 Å². The van der Waals surface area contributed by atoms with Crippen molar-refractivity contribution in [2.45, 2.75) is 40.2 Å². The largest absolute Gasteiger partial charge is 0.372 e. The van der Waals surface area contributed by atoms with Crippen molar-refractivity contribution >= 4 is 29.6 Å². The van der Waals surface area contributed by atoms with Crippen LogP contribution in [0.1, 0.15) is 40.2 Å². The van der Waals surface area contributed by atoms with Crippen molar-refractivity contribution in [3.8, 4) is 0 Å². The van der Waals surface area contributed by atoms with Crippen LogP contribution in [-0.4, -0.2) is 41.4 Å². The van der Waals surface area contributed by atoms with Crippen molar-refractivity contribution in [1.29, 1.82) is 0 Å². The third-order valence-corrected chi connectivity index (χ3v) is 4.11. The number of barbiturate groups is 1. The molecule has 1 saturated heterocycles. The lowest BCUT2D eigenvalue weighted by Crippen LogP contribution is -2.60. The van der Waals surface area contributed by atoms with E-state index >= 15 is 0 Å². The molecule has 1 fully saturated rings. The van der Waals surface area contributed by atoms with Crippen LogP contribution in [0.4, 0.5) is 10.5 Å². The molecule has 1 aliphatic heterocycles. The van der Waals surface area contributed by atoms with Crippen LogP contribution in [0.25, 0.3) is 6.08 Å². The number of urea groups is 1. The first-order valence-corrected chi connectivity index (χ1v) is 8.45. The van der Waals surface area contributed by atoms with Gasteiger partial charge in [0.15, 0.2) is 0 Å². The molecule has 6 nitrogen and oxygen atoms in total. The minimum atomic E-state index is -0.715. The van der Waals surface area contributed by atoms with Crippen molar-refractivity contribution in [2.24, 2.45) is 0 Å². The Labute approximate surface area is 148 Å². The van der Waals surface area contributed by atoms with Gasteiger partial charge in [-0.2, -0.15) is 0 Å². The predicted molar refractivity (Wildman–Crippen MR) is 98.1 cm³/mol. The lowest BCUT2D eigenvalue weighted by molar-refractivity contribution is -0.133. The van der Waals surface area contributed by atoms with Crippen molar-refractivity contribution in [1.82, 2.24) is 10.2 Å². The number of nitrogens with zero attached hydrogens (tertiary/aromatic N) is 2. The summed E-state index contributed by atoms with van der Waals surface area (Å²) in [5.41, 5.74) is 1.06. The van der Waals surface area contributed by atoms with Crippen LogP contribution >= 0.6 is 0 Å². The fourth-order valence-electron chi connectivity index (χ4n) is 2.80. The van der Waals surface area contributed by atoms with Crippen LogP contribution < -0.4 is 10.2 Å². The summed E-state index contributed by atoms with van der Waals surface area (Å²) in [4.78, 5) is 40.0. The monoisotopic (exact) mass is 343 g/mol. The number of carbonyl (C=O) groups excluding carboxylic acids is 3. The second kappa shape index (κ2) is 7.09. The van der Waals surface area contributed by atoms with Crippen LogP contribution in [0.15, 0.2) is 29.8 Å². The van der Waals surface area contributed by atoms with E-state index in [4.69, 9.17) is 0 Å². The molecule has 0 radical (unpaired) electrons. The maximum Gasteiger partial charge on any atom is 0.331 e. The Hall–Kier alpha value is -2.63. The summed E-state index contributed by atoms with van der Waals surface area (Å²) in [6.45, 7) is 11.2. The van der Waals surface area contributed by atoms with Gasteiger partial charge in [-0.1, -0.05) is 12.1 Å². The molecular weight excluding hydrogens is 318 g/mol. The molecule has 0 aromatic heterocycles. The Morgan fingerprint density at radius 2 is 1.60 bits per heavy atom. The third kappa shape index (κ3) is 3.90. The van der Waals surface area contributed by atoms with E-state index in [0.717, 1.165) is 29.2 Å². The highest BCUT2D eigenvalue weighted by atomic mass is 16.2. The van der Waals surface area contributed by atoms with Crippen molar-refractivity contribution in [3.05, 3.63) is 35.4 Å². The predicted octanol–water partition coefficient (Wildman–Crippen LogP) is 2.79. The van der Waals surface area contributed by atoms with Crippen molar-refractivity contribution in [3.63, 3.8) is 0 Å². The highest BCUT2D eigenvalue weighted by Gasteiger charge is 2.41. The van der Waals surface area contributed by atoms with E-state index in [1.807, 2.05) is 24.3 Å². The molecule has 1 N–H and O–H groups in total. The third-order valence-electron chi connectivity index (χ3n) is 4.11. The standard InChI is InChI=1S/C19H25N3O3/c1-6-21(7-2)14-10-8-13(9-11-14)12-15-16(23)20-18(25)22(17(15)24)19(3,4)5/h8-12H,6-7H2,1-5H3,(H,20,23,25)/b15-12+. The minimum absolute atomic E-state index is 0.0369. The SMILES string of the molecule is CCN(CC)c1ccc(/C=C2\C(=O)NC(=O)N(C(C)(C)C)C2=O)cc1. The minimum Gasteiger partial charge on any atom is -0.372 e. The van der Waals surface area contributed by atoms with Gasteiger partial charge >= 0.3 is 6.03 Å². The molecule has 2 rings (SSSR count). The van der Waals surface area contributed by atoms with Gasteiger partial charge in [-0.3, -0.25) is 19.8 Å². The number of hydrogen-bond acceptors (Lipinski definition) is 4. The number of rotatable bonds is 4. The van der Waals surface area contributed by atoms with E-state index in [0.29, 0.717) is 0 Å². The Bertz CT molecular complexity index is 710. The molecule has 0 spiro atoms. The average molecular weight is 343 g/mol. The van der Waals surface area contributed by atoms with Crippen LogP contribution in [0.5, 0.6) is 0 Å². The Kier molecular flexibility index (Phi) is 5.30. The van der Waals surface area contributed by atoms with Gasteiger partial charge < -0.3 is 4.90 Å². The zero-order valence-electron chi connectivity index (χ0n) is 15.4. The number of benzene rings is 1. The fraction of sp³-hybridized carbons (Fsp3) is 0.421. The molecule has 25 heavy (non-hydrogen) atoms. The number of imide groups is 2. The first-order chi connectivity index (χ1) is 11.7. The summed E-state index contributed by atoms with van der Waals surface area (Å²) >= 11 is 0. The van der Waals surface area contributed by atoms with Gasteiger partial charge in [0.05, 0.1) is 0 Å². The highest BCUT2D eigenvalue weighted by Crippen LogP contribution is 2.23. The lowest BCUT2D eigenvalue weighted by Gasteiger charge is -2.36. The highest BCUT2D eigenvalue weighted by molar-refractivity contribution is 6.31. The lowest BCUT2D eigenvalue weighted by atomic mass is 10.0. The maximum absolute atomic E-state index is 12.6. The van der Waals surface area contributed by atoms with Gasteiger partial charge in [0.25, 0.3) is 11.8 Å². The second-order valence-electron chi connectivity index (χ2n) is 6.89. The fourth-order valence-corrected chi connectivity index (χ4v) is 2.80. The van der Waals surface area contributed by atoms with E-state index in [1.165, 1.54) is 6.08 Å². The van der Waals surface area contributed by atoms with Crippen LogP contribution in [0.2, 0.25) is 0 Å². The molecule has 6 heteroatoms. The zero-order chi connectivity index (χ0) is 18.8. The second-order valence-corrected chi connectivity index (χ2v) is 6.89. The maximum atomic E-state index is 12.6. The van der Waals surface area contributed by atoms with Gasteiger partial charge in [-0.25, -0.2) is 4.79 Å². The Morgan fingerprint density at radius 1 is 1.04 bits per heavy atom. The summed E-state index contributed by atoms with van der Waals surface area (Å²) in [5, 5.41) is 2.24. The van der Waals surface area contributed by atoms with Gasteiger partial charge in [-0.15, -0.1) is 0 Å². The molecule has 4 amide bonds. The number of carbonyl (C=O) groups is 3. The van der Waals surface area contributed by atoms with Gasteiger partial charge in [0.1, 0.15) is 5.57 Å². The number of hydrogen-bond donors (Lipinski definition) is 1. The van der Waals surface area contributed by atoms with E-state index in [9.17, 15) is 14.4 Å². The molecule has 0 unspecified atom stereocenters. The quantitative estimate of drug-likeness (QED) is 0.674. The summed E-state index contributed by atoms with van der Waals surface area (Å²) in [5.74, 6) is -1.24. The van der Waals surface area contributed by atoms with Gasteiger partial charge in [0.2, 0.25) is 0 Å². The van der Waals surface area contributed by atoms with Gasteiger partial charge in [0, 0.05) is 24.3 Å². The first kappa shape index (κ1) is 18.7. The number of amides is 4. The smallest absolute Gasteiger partial charge is 0.331 e. The molecule has 0 atom stereocenters. The molecule has 0 aliphatic carbocycles. The van der Waals surface area contributed by atoms with E-state index in [-0.39, 0.29) is 5.57 Å². The average Bonchev–Trinajstić information content (AvgIpc) is 2.52. The topological polar surface area (TPSA) is 69.7 Å². The first-order valence-electron chi connectivity index (χ1n) is 8.45. The van der Waals surface area contributed by atoms with Crippen molar-refractivity contribution < 1.29 is 14.4 Å². The summed E-state index contributed by atoms with van der Waals surface area (Å²) < 4.78 is 0.